The minimum Gasteiger partial charge on any atom is -0.347 e. The Morgan fingerprint density at radius 1 is 1.65 bits per heavy atom. The molecule has 5 nitrogen and oxygen atoms in total. The molecule has 1 aromatic rings. The Morgan fingerprint density at radius 3 is 3.06 bits per heavy atom. The van der Waals surface area contributed by atoms with E-state index < -0.39 is 0 Å². The van der Waals surface area contributed by atoms with Crippen LogP contribution in [0.4, 0.5) is 0 Å². The number of carbonyl (C=O) groups excluding carboxylic acids is 1. The Kier molecular flexibility index (Phi) is 5.18. The van der Waals surface area contributed by atoms with Gasteiger partial charge in [-0.2, -0.15) is 0 Å². The zero-order valence-corrected chi connectivity index (χ0v) is 10.6. The monoisotopic (exact) mass is 256 g/mol. The lowest BCUT2D eigenvalue weighted by molar-refractivity contribution is 0.0952. The summed E-state index contributed by atoms with van der Waals surface area (Å²) in [7, 11) is 1.85. The number of nitrogens with one attached hydrogen (secondary N) is 2. The number of hydrogen-bond acceptors (Lipinski definition) is 3. The number of rotatable bonds is 3. The minimum absolute atomic E-state index is 0. The van der Waals surface area contributed by atoms with Gasteiger partial charge in [0.25, 0.3) is 5.91 Å². The summed E-state index contributed by atoms with van der Waals surface area (Å²) in [5.74, 6) is -0.111. The van der Waals surface area contributed by atoms with Gasteiger partial charge in [-0.15, -0.1) is 12.4 Å². The van der Waals surface area contributed by atoms with E-state index in [4.69, 9.17) is 0 Å². The van der Waals surface area contributed by atoms with E-state index in [2.05, 4.69) is 21.7 Å². The summed E-state index contributed by atoms with van der Waals surface area (Å²) < 4.78 is 1.76. The second-order valence-corrected chi connectivity index (χ2v) is 3.92. The standard InChI is InChI=1S/C11H16N4O.ClH/c1-15-7-10(14-8-15)11(16)13-6-9-2-4-12-5-3-9;/h2,7-8,12H,3-6H2,1H3,(H,13,16);1H. The number of halogens is 1. The van der Waals surface area contributed by atoms with Crippen molar-refractivity contribution in [2.75, 3.05) is 19.6 Å². The summed E-state index contributed by atoms with van der Waals surface area (Å²) in [6, 6.07) is 0. The van der Waals surface area contributed by atoms with E-state index in [1.165, 1.54) is 5.57 Å². The van der Waals surface area contributed by atoms with Crippen molar-refractivity contribution in [2.45, 2.75) is 6.42 Å². The van der Waals surface area contributed by atoms with E-state index in [-0.39, 0.29) is 18.3 Å². The van der Waals surface area contributed by atoms with Gasteiger partial charge in [-0.3, -0.25) is 4.79 Å². The smallest absolute Gasteiger partial charge is 0.271 e. The van der Waals surface area contributed by atoms with Crippen molar-refractivity contribution in [3.05, 3.63) is 29.9 Å². The minimum atomic E-state index is -0.111. The van der Waals surface area contributed by atoms with Crippen molar-refractivity contribution < 1.29 is 4.79 Å². The second kappa shape index (κ2) is 6.42. The van der Waals surface area contributed by atoms with Crippen LogP contribution in [0.2, 0.25) is 0 Å². The van der Waals surface area contributed by atoms with Crippen LogP contribution in [0.15, 0.2) is 24.2 Å². The van der Waals surface area contributed by atoms with Crippen LogP contribution in [0.5, 0.6) is 0 Å². The van der Waals surface area contributed by atoms with Crippen molar-refractivity contribution in [1.82, 2.24) is 20.2 Å². The third-order valence-electron chi connectivity index (χ3n) is 2.57. The van der Waals surface area contributed by atoms with Gasteiger partial charge in [0.05, 0.1) is 6.33 Å². The average Bonchev–Trinajstić information content (AvgIpc) is 2.74. The van der Waals surface area contributed by atoms with Gasteiger partial charge in [0.2, 0.25) is 0 Å². The lowest BCUT2D eigenvalue weighted by Gasteiger charge is -2.14. The fourth-order valence-electron chi connectivity index (χ4n) is 1.64. The number of carbonyl (C=O) groups is 1. The van der Waals surface area contributed by atoms with Gasteiger partial charge >= 0.3 is 0 Å². The molecule has 0 atom stereocenters. The highest BCUT2D eigenvalue weighted by Crippen LogP contribution is 2.03. The van der Waals surface area contributed by atoms with Crippen molar-refractivity contribution in [1.29, 1.82) is 0 Å². The van der Waals surface area contributed by atoms with Gasteiger partial charge in [0, 0.05) is 26.3 Å². The first kappa shape index (κ1) is 13.7. The zero-order valence-electron chi connectivity index (χ0n) is 9.77. The Hall–Kier alpha value is -1.33. The first-order chi connectivity index (χ1) is 7.75. The molecule has 6 heteroatoms. The largest absolute Gasteiger partial charge is 0.347 e. The van der Waals surface area contributed by atoms with E-state index >= 15 is 0 Å². The van der Waals surface area contributed by atoms with Gasteiger partial charge in [-0.1, -0.05) is 11.6 Å². The van der Waals surface area contributed by atoms with Crippen molar-refractivity contribution >= 4 is 18.3 Å². The lowest BCUT2D eigenvalue weighted by Crippen LogP contribution is -2.29. The van der Waals surface area contributed by atoms with Crippen molar-refractivity contribution in [2.24, 2.45) is 7.05 Å². The molecular weight excluding hydrogens is 240 g/mol. The van der Waals surface area contributed by atoms with Crippen LogP contribution in [0.1, 0.15) is 16.9 Å². The van der Waals surface area contributed by atoms with Crippen LogP contribution in [0.25, 0.3) is 0 Å². The molecular formula is C11H17ClN4O. The summed E-state index contributed by atoms with van der Waals surface area (Å²) in [6.07, 6.45) is 6.47. The predicted molar refractivity (Wildman–Crippen MR) is 68.4 cm³/mol. The Morgan fingerprint density at radius 2 is 2.47 bits per heavy atom. The fraction of sp³-hybridized carbons (Fsp3) is 0.455. The SMILES string of the molecule is Cl.Cn1cnc(C(=O)NCC2=CCNCC2)c1. The molecule has 1 aliphatic heterocycles. The Labute approximate surface area is 107 Å². The number of amides is 1. The third-order valence-corrected chi connectivity index (χ3v) is 2.57. The van der Waals surface area contributed by atoms with Crippen LogP contribution in [-0.2, 0) is 7.05 Å². The number of hydrogen-bond donors (Lipinski definition) is 2. The number of aryl methyl sites for hydroxylation is 1. The molecule has 0 bridgehead atoms. The van der Waals surface area contributed by atoms with E-state index in [1.54, 1.807) is 17.1 Å². The maximum atomic E-state index is 11.7. The van der Waals surface area contributed by atoms with E-state index in [9.17, 15) is 4.79 Å². The maximum Gasteiger partial charge on any atom is 0.271 e. The molecule has 1 aliphatic rings. The first-order valence-electron chi connectivity index (χ1n) is 5.40. The molecule has 0 radical (unpaired) electrons. The number of aromatic nitrogens is 2. The summed E-state index contributed by atoms with van der Waals surface area (Å²) in [5.41, 5.74) is 1.75. The molecule has 17 heavy (non-hydrogen) atoms. The van der Waals surface area contributed by atoms with Crippen LogP contribution in [0, 0.1) is 0 Å². The molecule has 0 saturated heterocycles. The number of imidazole rings is 1. The maximum absolute atomic E-state index is 11.7. The van der Waals surface area contributed by atoms with Gasteiger partial charge in [0.1, 0.15) is 5.69 Å². The molecule has 0 spiro atoms. The van der Waals surface area contributed by atoms with E-state index in [0.717, 1.165) is 19.5 Å². The topological polar surface area (TPSA) is 59.0 Å². The highest BCUT2D eigenvalue weighted by Gasteiger charge is 2.09. The van der Waals surface area contributed by atoms with Gasteiger partial charge < -0.3 is 15.2 Å². The van der Waals surface area contributed by atoms with Crippen LogP contribution in [0.3, 0.4) is 0 Å². The molecule has 1 aromatic heterocycles. The summed E-state index contributed by atoms with van der Waals surface area (Å²) >= 11 is 0. The van der Waals surface area contributed by atoms with Gasteiger partial charge in [-0.05, 0) is 13.0 Å². The normalized spacial score (nSPS) is 14.8. The molecule has 2 rings (SSSR count). The van der Waals surface area contributed by atoms with E-state index in [0.29, 0.717) is 12.2 Å². The van der Waals surface area contributed by atoms with Gasteiger partial charge in [-0.25, -0.2) is 4.98 Å². The zero-order chi connectivity index (χ0) is 11.4. The Balaban J connectivity index is 0.00000144. The summed E-state index contributed by atoms with van der Waals surface area (Å²) in [4.78, 5) is 15.7. The molecule has 1 amide bonds. The van der Waals surface area contributed by atoms with E-state index in [1.807, 2.05) is 7.05 Å². The van der Waals surface area contributed by atoms with Crippen LogP contribution in [-0.4, -0.2) is 35.1 Å². The molecule has 2 N–H and O–H groups in total. The average molecular weight is 257 g/mol. The highest BCUT2D eigenvalue weighted by molar-refractivity contribution is 5.92. The van der Waals surface area contributed by atoms with Crippen LogP contribution >= 0.6 is 12.4 Å². The first-order valence-corrected chi connectivity index (χ1v) is 5.40. The third kappa shape index (κ3) is 3.87. The van der Waals surface area contributed by atoms with Crippen molar-refractivity contribution in [3.63, 3.8) is 0 Å². The lowest BCUT2D eigenvalue weighted by atomic mass is 10.1. The Bertz CT molecular complexity index is 413. The second-order valence-electron chi connectivity index (χ2n) is 3.92. The van der Waals surface area contributed by atoms with Gasteiger partial charge in [0.15, 0.2) is 0 Å². The molecule has 0 aromatic carbocycles. The molecule has 0 aliphatic carbocycles. The van der Waals surface area contributed by atoms with Crippen molar-refractivity contribution in [3.8, 4) is 0 Å². The summed E-state index contributed by atoms with van der Waals surface area (Å²) in [5, 5.41) is 6.10. The highest BCUT2D eigenvalue weighted by atomic mass is 35.5. The van der Waals surface area contributed by atoms with Crippen LogP contribution < -0.4 is 10.6 Å². The molecule has 2 heterocycles. The quantitative estimate of drug-likeness (QED) is 0.774. The molecule has 0 saturated carbocycles. The molecule has 94 valence electrons. The molecule has 0 fully saturated rings. The molecule has 0 unspecified atom stereocenters. The fourth-order valence-corrected chi connectivity index (χ4v) is 1.64. The predicted octanol–water partition coefficient (Wildman–Crippen LogP) is 0.491. The summed E-state index contributed by atoms with van der Waals surface area (Å²) in [6.45, 7) is 2.51. The number of nitrogens with zero attached hydrogens (tertiary/aromatic N) is 2.